The van der Waals surface area contributed by atoms with Gasteiger partial charge >= 0.3 is 0 Å². The summed E-state index contributed by atoms with van der Waals surface area (Å²) in [6.07, 6.45) is 2.72. The van der Waals surface area contributed by atoms with Crippen molar-refractivity contribution >= 4 is 21.8 Å². The first-order valence-electron chi connectivity index (χ1n) is 5.59. The lowest BCUT2D eigenvalue weighted by molar-refractivity contribution is 0.0622. The highest BCUT2D eigenvalue weighted by Crippen LogP contribution is 2.23. The fraction of sp³-hybridized carbons (Fsp3) is 0.583. The fourth-order valence-electron chi connectivity index (χ4n) is 2.43. The van der Waals surface area contributed by atoms with Gasteiger partial charge in [0, 0.05) is 19.2 Å². The Bertz CT molecular complexity index is 378. The summed E-state index contributed by atoms with van der Waals surface area (Å²) in [5.41, 5.74) is 0.633. The average molecular weight is 286 g/mol. The molecule has 0 saturated carbocycles. The van der Waals surface area contributed by atoms with Gasteiger partial charge in [-0.05, 0) is 34.2 Å². The predicted molar refractivity (Wildman–Crippen MR) is 65.3 cm³/mol. The van der Waals surface area contributed by atoms with Crippen LogP contribution in [0.2, 0.25) is 0 Å². The molecule has 1 aliphatic rings. The van der Waals surface area contributed by atoms with Crippen LogP contribution in [0.25, 0.3) is 0 Å². The molecule has 0 bridgehead atoms. The minimum absolute atomic E-state index is 0.0767. The van der Waals surface area contributed by atoms with Crippen LogP contribution in [0.5, 0.6) is 0 Å². The molecule has 2 atom stereocenters. The van der Waals surface area contributed by atoms with E-state index >= 15 is 0 Å². The standard InChI is InChI=1S/C12H16BrNO2/c1-8-3-9(2)6-14(5-8)12(15)10-4-11(13)16-7-10/h4,7-9H,3,5-6H2,1-2H3/t8-,9-/m1/s1. The molecule has 3 nitrogen and oxygen atoms in total. The van der Waals surface area contributed by atoms with Crippen LogP contribution in [-0.4, -0.2) is 23.9 Å². The smallest absolute Gasteiger partial charge is 0.257 e. The molecule has 1 fully saturated rings. The van der Waals surface area contributed by atoms with E-state index in [4.69, 9.17) is 4.42 Å². The van der Waals surface area contributed by atoms with Gasteiger partial charge < -0.3 is 9.32 Å². The number of amides is 1. The number of carbonyl (C=O) groups is 1. The quantitative estimate of drug-likeness (QED) is 0.794. The first kappa shape index (κ1) is 11.7. The van der Waals surface area contributed by atoms with Gasteiger partial charge in [-0.15, -0.1) is 0 Å². The van der Waals surface area contributed by atoms with E-state index in [0.29, 0.717) is 22.1 Å². The van der Waals surface area contributed by atoms with E-state index in [1.165, 1.54) is 12.7 Å². The number of hydrogen-bond donors (Lipinski definition) is 0. The second-order valence-electron chi connectivity index (χ2n) is 4.80. The summed E-state index contributed by atoms with van der Waals surface area (Å²) >= 11 is 3.21. The highest BCUT2D eigenvalue weighted by molar-refractivity contribution is 9.10. The van der Waals surface area contributed by atoms with E-state index in [1.807, 2.05) is 4.90 Å². The van der Waals surface area contributed by atoms with Gasteiger partial charge in [-0.1, -0.05) is 13.8 Å². The second kappa shape index (κ2) is 4.62. The van der Waals surface area contributed by atoms with Crippen molar-refractivity contribution in [1.82, 2.24) is 4.90 Å². The first-order chi connectivity index (χ1) is 7.56. The van der Waals surface area contributed by atoms with Crippen molar-refractivity contribution in [2.75, 3.05) is 13.1 Å². The molecule has 0 N–H and O–H groups in total. The minimum atomic E-state index is 0.0767. The van der Waals surface area contributed by atoms with E-state index < -0.39 is 0 Å². The zero-order valence-electron chi connectivity index (χ0n) is 9.57. The topological polar surface area (TPSA) is 33.5 Å². The molecule has 2 heterocycles. The molecule has 0 spiro atoms. The van der Waals surface area contributed by atoms with Gasteiger partial charge in [0.2, 0.25) is 0 Å². The molecule has 1 aromatic heterocycles. The maximum atomic E-state index is 12.1. The summed E-state index contributed by atoms with van der Waals surface area (Å²) in [5.74, 6) is 1.25. The Hall–Kier alpha value is -0.770. The Morgan fingerprint density at radius 2 is 2.06 bits per heavy atom. The zero-order valence-corrected chi connectivity index (χ0v) is 11.2. The summed E-state index contributed by atoms with van der Waals surface area (Å²) in [5, 5.41) is 0. The van der Waals surface area contributed by atoms with Gasteiger partial charge in [0.05, 0.1) is 5.56 Å². The summed E-state index contributed by atoms with van der Waals surface area (Å²) in [6, 6.07) is 1.73. The molecule has 16 heavy (non-hydrogen) atoms. The van der Waals surface area contributed by atoms with Gasteiger partial charge in [-0.25, -0.2) is 0 Å². The molecule has 1 saturated heterocycles. The van der Waals surface area contributed by atoms with Crippen molar-refractivity contribution < 1.29 is 9.21 Å². The zero-order chi connectivity index (χ0) is 11.7. The van der Waals surface area contributed by atoms with Crippen LogP contribution in [0.3, 0.4) is 0 Å². The molecule has 2 rings (SSSR count). The van der Waals surface area contributed by atoms with Gasteiger partial charge in [0.25, 0.3) is 5.91 Å². The molecule has 1 aromatic rings. The van der Waals surface area contributed by atoms with Gasteiger partial charge in [-0.3, -0.25) is 4.79 Å². The molecule has 4 heteroatoms. The third-order valence-electron chi connectivity index (χ3n) is 2.97. The van der Waals surface area contributed by atoms with E-state index in [1.54, 1.807) is 6.07 Å². The molecular weight excluding hydrogens is 270 g/mol. The fourth-order valence-corrected chi connectivity index (χ4v) is 2.77. The Morgan fingerprint density at radius 3 is 2.56 bits per heavy atom. The van der Waals surface area contributed by atoms with E-state index in [-0.39, 0.29) is 5.91 Å². The highest BCUT2D eigenvalue weighted by Gasteiger charge is 2.26. The summed E-state index contributed by atoms with van der Waals surface area (Å²) in [4.78, 5) is 14.1. The normalized spacial score (nSPS) is 25.8. The molecule has 1 amide bonds. The molecule has 0 aliphatic carbocycles. The monoisotopic (exact) mass is 285 g/mol. The van der Waals surface area contributed by atoms with Crippen LogP contribution < -0.4 is 0 Å². The number of carbonyl (C=O) groups excluding carboxylic acids is 1. The predicted octanol–water partition coefficient (Wildman–Crippen LogP) is 3.16. The van der Waals surface area contributed by atoms with Crippen LogP contribution >= 0.6 is 15.9 Å². The van der Waals surface area contributed by atoms with Gasteiger partial charge in [0.15, 0.2) is 4.67 Å². The van der Waals surface area contributed by atoms with Crippen molar-refractivity contribution in [2.24, 2.45) is 11.8 Å². The Labute approximate surface area is 104 Å². The molecular formula is C12H16BrNO2. The van der Waals surface area contributed by atoms with Crippen molar-refractivity contribution in [3.63, 3.8) is 0 Å². The Balaban J connectivity index is 2.09. The number of rotatable bonds is 1. The van der Waals surface area contributed by atoms with Crippen molar-refractivity contribution in [3.05, 3.63) is 22.6 Å². The lowest BCUT2D eigenvalue weighted by Crippen LogP contribution is -2.42. The number of piperidine rings is 1. The Kier molecular flexibility index (Phi) is 3.38. The second-order valence-corrected chi connectivity index (χ2v) is 5.58. The van der Waals surface area contributed by atoms with Crippen molar-refractivity contribution in [2.45, 2.75) is 20.3 Å². The lowest BCUT2D eigenvalue weighted by atomic mass is 9.91. The van der Waals surface area contributed by atoms with E-state index in [2.05, 4.69) is 29.8 Å². The van der Waals surface area contributed by atoms with E-state index in [0.717, 1.165) is 13.1 Å². The summed E-state index contributed by atoms with van der Waals surface area (Å²) < 4.78 is 5.70. The summed E-state index contributed by atoms with van der Waals surface area (Å²) in [7, 11) is 0. The molecule has 0 radical (unpaired) electrons. The van der Waals surface area contributed by atoms with Gasteiger partial charge in [0.1, 0.15) is 6.26 Å². The number of likely N-dealkylation sites (tertiary alicyclic amines) is 1. The third kappa shape index (κ3) is 2.48. The molecule has 1 aliphatic heterocycles. The van der Waals surface area contributed by atoms with Crippen LogP contribution in [0, 0.1) is 11.8 Å². The molecule has 0 aromatic carbocycles. The summed E-state index contributed by atoms with van der Waals surface area (Å²) in [6.45, 7) is 6.10. The number of furan rings is 1. The minimum Gasteiger partial charge on any atom is -0.457 e. The van der Waals surface area contributed by atoms with Crippen molar-refractivity contribution in [1.29, 1.82) is 0 Å². The Morgan fingerprint density at radius 1 is 1.44 bits per heavy atom. The highest BCUT2D eigenvalue weighted by atomic mass is 79.9. The van der Waals surface area contributed by atoms with Crippen LogP contribution in [0.4, 0.5) is 0 Å². The van der Waals surface area contributed by atoms with Crippen LogP contribution in [-0.2, 0) is 0 Å². The number of hydrogen-bond acceptors (Lipinski definition) is 2. The maximum Gasteiger partial charge on any atom is 0.257 e. The average Bonchev–Trinajstić information content (AvgIpc) is 2.62. The SMILES string of the molecule is C[C@@H]1C[C@@H](C)CN(C(=O)c2coc(Br)c2)C1. The van der Waals surface area contributed by atoms with Crippen molar-refractivity contribution in [3.8, 4) is 0 Å². The third-order valence-corrected chi connectivity index (χ3v) is 3.39. The number of halogens is 1. The maximum absolute atomic E-state index is 12.1. The largest absolute Gasteiger partial charge is 0.457 e. The number of nitrogens with zero attached hydrogens (tertiary/aromatic N) is 1. The van der Waals surface area contributed by atoms with Crippen LogP contribution in [0.1, 0.15) is 30.6 Å². The molecule has 88 valence electrons. The van der Waals surface area contributed by atoms with Gasteiger partial charge in [-0.2, -0.15) is 0 Å². The lowest BCUT2D eigenvalue weighted by Gasteiger charge is -2.34. The molecule has 0 unspecified atom stereocenters. The van der Waals surface area contributed by atoms with Crippen LogP contribution in [0.15, 0.2) is 21.4 Å². The van der Waals surface area contributed by atoms with E-state index in [9.17, 15) is 4.79 Å². The first-order valence-corrected chi connectivity index (χ1v) is 6.39.